The third-order valence-electron chi connectivity index (χ3n) is 3.09. The van der Waals surface area contributed by atoms with Gasteiger partial charge in [0, 0.05) is 24.7 Å². The van der Waals surface area contributed by atoms with Crippen LogP contribution in [-0.4, -0.2) is 13.2 Å². The van der Waals surface area contributed by atoms with Gasteiger partial charge in [0.15, 0.2) is 0 Å². The fraction of sp³-hybridized carbons (Fsp3) is 0.538. The lowest BCUT2D eigenvalue weighted by Crippen LogP contribution is -2.47. The van der Waals surface area contributed by atoms with Gasteiger partial charge in [0.2, 0.25) is 5.79 Å². The number of hydrogen-bond donors (Lipinski definition) is 0. The van der Waals surface area contributed by atoms with E-state index in [1.165, 1.54) is 11.1 Å². The van der Waals surface area contributed by atoms with Crippen LogP contribution in [0.5, 0.6) is 0 Å². The topological polar surface area (TPSA) is 18.5 Å². The zero-order valence-electron chi connectivity index (χ0n) is 9.62. The molecule has 1 aromatic rings. The van der Waals surface area contributed by atoms with Crippen LogP contribution in [0.15, 0.2) is 24.3 Å². The SMILES string of the molecule is CCOC1(OCC)c2ccccc2C1C. The van der Waals surface area contributed by atoms with Gasteiger partial charge in [-0.05, 0) is 19.4 Å². The maximum atomic E-state index is 5.82. The van der Waals surface area contributed by atoms with E-state index in [-0.39, 0.29) is 0 Å². The summed E-state index contributed by atoms with van der Waals surface area (Å²) >= 11 is 0. The van der Waals surface area contributed by atoms with Crippen LogP contribution in [0.3, 0.4) is 0 Å². The highest BCUT2D eigenvalue weighted by molar-refractivity contribution is 5.45. The first-order chi connectivity index (χ1) is 7.26. The van der Waals surface area contributed by atoms with Crippen molar-refractivity contribution in [3.05, 3.63) is 35.4 Å². The van der Waals surface area contributed by atoms with Gasteiger partial charge in [0.05, 0.1) is 0 Å². The minimum Gasteiger partial charge on any atom is -0.346 e. The molecular weight excluding hydrogens is 188 g/mol. The van der Waals surface area contributed by atoms with Crippen LogP contribution in [0.1, 0.15) is 37.8 Å². The van der Waals surface area contributed by atoms with Crippen LogP contribution in [0.2, 0.25) is 0 Å². The Bertz CT molecular complexity index is 340. The molecule has 2 rings (SSSR count). The van der Waals surface area contributed by atoms with Crippen molar-refractivity contribution in [2.75, 3.05) is 13.2 Å². The largest absolute Gasteiger partial charge is 0.346 e. The van der Waals surface area contributed by atoms with Crippen LogP contribution in [-0.2, 0) is 15.3 Å². The first-order valence-electron chi connectivity index (χ1n) is 5.63. The zero-order chi connectivity index (χ0) is 10.9. The predicted octanol–water partition coefficient (Wildman–Crippen LogP) is 3.03. The van der Waals surface area contributed by atoms with Crippen molar-refractivity contribution in [2.24, 2.45) is 0 Å². The first kappa shape index (κ1) is 10.7. The summed E-state index contributed by atoms with van der Waals surface area (Å²) in [5, 5.41) is 0. The molecular formula is C13H18O2. The fourth-order valence-electron chi connectivity index (χ4n) is 2.43. The molecule has 0 bridgehead atoms. The molecule has 0 saturated carbocycles. The van der Waals surface area contributed by atoms with Crippen molar-refractivity contribution < 1.29 is 9.47 Å². The summed E-state index contributed by atoms with van der Waals surface area (Å²) in [6.45, 7) is 7.54. The Morgan fingerprint density at radius 3 is 2.33 bits per heavy atom. The molecule has 1 aliphatic carbocycles. The van der Waals surface area contributed by atoms with Gasteiger partial charge >= 0.3 is 0 Å². The van der Waals surface area contributed by atoms with Crippen LogP contribution in [0, 0.1) is 0 Å². The Labute approximate surface area is 91.2 Å². The van der Waals surface area contributed by atoms with Gasteiger partial charge in [-0.3, -0.25) is 0 Å². The summed E-state index contributed by atoms with van der Waals surface area (Å²) < 4.78 is 11.6. The number of ether oxygens (including phenoxy) is 2. The maximum Gasteiger partial charge on any atom is 0.201 e. The van der Waals surface area contributed by atoms with Gasteiger partial charge in [-0.15, -0.1) is 0 Å². The standard InChI is InChI=1S/C13H18O2/c1-4-14-13(15-5-2)10(3)11-8-6-7-9-12(11)13/h6-10H,4-5H2,1-3H3. The van der Waals surface area contributed by atoms with E-state index in [1.54, 1.807) is 0 Å². The van der Waals surface area contributed by atoms with Crippen molar-refractivity contribution in [2.45, 2.75) is 32.5 Å². The molecule has 2 heteroatoms. The molecule has 2 nitrogen and oxygen atoms in total. The van der Waals surface area contributed by atoms with E-state index in [0.29, 0.717) is 19.1 Å². The monoisotopic (exact) mass is 206 g/mol. The molecule has 1 atom stereocenters. The Balaban J connectivity index is 2.36. The third kappa shape index (κ3) is 1.40. The van der Waals surface area contributed by atoms with Crippen LogP contribution >= 0.6 is 0 Å². The number of rotatable bonds is 4. The van der Waals surface area contributed by atoms with E-state index in [0.717, 1.165) is 0 Å². The zero-order valence-corrected chi connectivity index (χ0v) is 9.62. The molecule has 1 aliphatic rings. The lowest BCUT2D eigenvalue weighted by atomic mass is 9.72. The summed E-state index contributed by atoms with van der Waals surface area (Å²) in [6.07, 6.45) is 0. The van der Waals surface area contributed by atoms with E-state index >= 15 is 0 Å². The fourth-order valence-corrected chi connectivity index (χ4v) is 2.43. The summed E-state index contributed by atoms with van der Waals surface area (Å²) in [5.41, 5.74) is 2.54. The maximum absolute atomic E-state index is 5.82. The molecule has 0 saturated heterocycles. The van der Waals surface area contributed by atoms with E-state index < -0.39 is 5.79 Å². The molecule has 0 fully saturated rings. The van der Waals surface area contributed by atoms with Crippen molar-refractivity contribution in [1.82, 2.24) is 0 Å². The number of hydrogen-bond acceptors (Lipinski definition) is 2. The van der Waals surface area contributed by atoms with Crippen LogP contribution in [0.4, 0.5) is 0 Å². The Hall–Kier alpha value is -0.860. The molecule has 0 N–H and O–H groups in total. The third-order valence-corrected chi connectivity index (χ3v) is 3.09. The summed E-state index contributed by atoms with van der Waals surface area (Å²) in [5.74, 6) is -0.159. The van der Waals surface area contributed by atoms with Gasteiger partial charge in [-0.1, -0.05) is 31.2 Å². The highest BCUT2D eigenvalue weighted by Crippen LogP contribution is 2.52. The minimum atomic E-state index is -0.486. The van der Waals surface area contributed by atoms with Gasteiger partial charge in [-0.25, -0.2) is 0 Å². The molecule has 0 radical (unpaired) electrons. The molecule has 0 aromatic heterocycles. The van der Waals surface area contributed by atoms with E-state index in [9.17, 15) is 0 Å². The second-order valence-corrected chi connectivity index (χ2v) is 3.84. The Morgan fingerprint density at radius 2 is 1.73 bits per heavy atom. The summed E-state index contributed by atoms with van der Waals surface area (Å²) in [6, 6.07) is 8.35. The average Bonchev–Trinajstić information content (AvgIpc) is 2.28. The highest BCUT2D eigenvalue weighted by Gasteiger charge is 2.51. The molecule has 1 unspecified atom stereocenters. The first-order valence-corrected chi connectivity index (χ1v) is 5.63. The Kier molecular flexibility index (Phi) is 2.81. The summed E-state index contributed by atoms with van der Waals surface area (Å²) in [7, 11) is 0. The predicted molar refractivity (Wildman–Crippen MR) is 59.8 cm³/mol. The minimum absolute atomic E-state index is 0.327. The molecule has 0 spiro atoms. The molecule has 0 amide bonds. The van der Waals surface area contributed by atoms with Gasteiger partial charge in [0.25, 0.3) is 0 Å². The van der Waals surface area contributed by atoms with Gasteiger partial charge in [-0.2, -0.15) is 0 Å². The molecule has 82 valence electrons. The van der Waals surface area contributed by atoms with E-state index in [1.807, 2.05) is 19.9 Å². The van der Waals surface area contributed by atoms with E-state index in [2.05, 4.69) is 25.1 Å². The van der Waals surface area contributed by atoms with Crippen molar-refractivity contribution in [3.8, 4) is 0 Å². The quantitative estimate of drug-likeness (QED) is 0.705. The van der Waals surface area contributed by atoms with Crippen molar-refractivity contribution in [1.29, 1.82) is 0 Å². The molecule has 0 aliphatic heterocycles. The smallest absolute Gasteiger partial charge is 0.201 e. The lowest BCUT2D eigenvalue weighted by molar-refractivity contribution is -0.271. The highest BCUT2D eigenvalue weighted by atomic mass is 16.7. The Morgan fingerprint density at radius 1 is 1.13 bits per heavy atom. The van der Waals surface area contributed by atoms with Gasteiger partial charge in [0.1, 0.15) is 0 Å². The normalized spacial score (nSPS) is 21.9. The second-order valence-electron chi connectivity index (χ2n) is 3.84. The van der Waals surface area contributed by atoms with E-state index in [4.69, 9.17) is 9.47 Å². The number of benzene rings is 1. The average molecular weight is 206 g/mol. The molecule has 0 heterocycles. The second kappa shape index (κ2) is 3.95. The van der Waals surface area contributed by atoms with Crippen LogP contribution in [0.25, 0.3) is 0 Å². The van der Waals surface area contributed by atoms with Crippen molar-refractivity contribution >= 4 is 0 Å². The van der Waals surface area contributed by atoms with Crippen LogP contribution < -0.4 is 0 Å². The number of fused-ring (bicyclic) bond motifs is 1. The summed E-state index contributed by atoms with van der Waals surface area (Å²) in [4.78, 5) is 0. The van der Waals surface area contributed by atoms with Crippen molar-refractivity contribution in [3.63, 3.8) is 0 Å². The molecule has 1 aromatic carbocycles. The lowest BCUT2D eigenvalue weighted by Gasteiger charge is -2.48. The molecule has 15 heavy (non-hydrogen) atoms. The van der Waals surface area contributed by atoms with Gasteiger partial charge < -0.3 is 9.47 Å².